The second-order valence-electron chi connectivity index (χ2n) is 7.69. The number of hydrogen-bond donors (Lipinski definition) is 0. The fraction of sp³-hybridized carbons (Fsp3) is 0.346. The molecule has 152 valence electrons. The second kappa shape index (κ2) is 11.1. The Morgan fingerprint density at radius 1 is 1.38 bits per heavy atom. The number of aliphatic imine (C=N–C) groups is 1. The Kier molecular flexibility index (Phi) is 9.22. The minimum Gasteiger partial charge on any atom is -0.277 e. The third kappa shape index (κ3) is 6.54. The molecule has 1 aliphatic rings. The van der Waals surface area contributed by atoms with Crippen LogP contribution < -0.4 is 0 Å². The summed E-state index contributed by atoms with van der Waals surface area (Å²) >= 11 is 0. The molecule has 0 heterocycles. The van der Waals surface area contributed by atoms with Gasteiger partial charge in [0.25, 0.3) is 5.78 Å². The van der Waals surface area contributed by atoms with Crippen molar-refractivity contribution >= 4 is 11.5 Å². The highest BCUT2D eigenvalue weighted by Gasteiger charge is 2.24. The van der Waals surface area contributed by atoms with E-state index in [-0.39, 0.29) is 5.92 Å². The van der Waals surface area contributed by atoms with E-state index < -0.39 is 5.78 Å². The zero-order valence-electron chi connectivity index (χ0n) is 18.5. The fourth-order valence-corrected chi connectivity index (χ4v) is 3.23. The number of nitrogens with zero attached hydrogens (tertiary/aromatic N) is 2. The van der Waals surface area contributed by atoms with E-state index >= 15 is 0 Å². The molecule has 0 amide bonds. The van der Waals surface area contributed by atoms with Crippen molar-refractivity contribution in [2.75, 3.05) is 0 Å². The number of nitriles is 1. The highest BCUT2D eigenvalue weighted by Crippen LogP contribution is 2.36. The molecule has 0 saturated heterocycles. The molecule has 1 unspecified atom stereocenters. The van der Waals surface area contributed by atoms with Crippen LogP contribution in [0.25, 0.3) is 0 Å². The number of rotatable bonds is 8. The molecule has 1 aliphatic carbocycles. The third-order valence-corrected chi connectivity index (χ3v) is 5.01. The van der Waals surface area contributed by atoms with Gasteiger partial charge in [-0.2, -0.15) is 5.26 Å². The molecule has 0 fully saturated rings. The van der Waals surface area contributed by atoms with Crippen LogP contribution in [0.3, 0.4) is 0 Å². The summed E-state index contributed by atoms with van der Waals surface area (Å²) < 4.78 is 0. The lowest BCUT2D eigenvalue weighted by atomic mass is 9.78. The predicted molar refractivity (Wildman–Crippen MR) is 123 cm³/mol. The molecule has 0 aromatic rings. The zero-order valence-corrected chi connectivity index (χ0v) is 18.5. The SMILES string of the molecule is C=CC(=C/C=C\C)/C(C)=N/C1=C(C)CC(C(C)C)C(/C=C(\C(=C)C)C(=O)C#N)=C1. The van der Waals surface area contributed by atoms with Crippen LogP contribution in [-0.4, -0.2) is 11.5 Å². The van der Waals surface area contributed by atoms with Gasteiger partial charge >= 0.3 is 0 Å². The Morgan fingerprint density at radius 2 is 2.03 bits per heavy atom. The van der Waals surface area contributed by atoms with Gasteiger partial charge in [0.05, 0.1) is 5.70 Å². The van der Waals surface area contributed by atoms with Crippen molar-refractivity contribution in [1.29, 1.82) is 5.26 Å². The summed E-state index contributed by atoms with van der Waals surface area (Å²) in [4.78, 5) is 16.9. The molecule has 0 aliphatic heterocycles. The first-order chi connectivity index (χ1) is 13.7. The van der Waals surface area contributed by atoms with Crippen LogP contribution in [0.4, 0.5) is 0 Å². The monoisotopic (exact) mass is 388 g/mol. The average Bonchev–Trinajstić information content (AvgIpc) is 2.67. The summed E-state index contributed by atoms with van der Waals surface area (Å²) in [5, 5.41) is 9.08. The second-order valence-corrected chi connectivity index (χ2v) is 7.69. The Labute approximate surface area is 175 Å². The van der Waals surface area contributed by atoms with Crippen LogP contribution in [0.5, 0.6) is 0 Å². The van der Waals surface area contributed by atoms with E-state index in [1.165, 1.54) is 5.57 Å². The normalized spacial score (nSPS) is 18.8. The molecule has 0 saturated carbocycles. The molecule has 0 aromatic carbocycles. The van der Waals surface area contributed by atoms with Gasteiger partial charge in [-0.25, -0.2) is 0 Å². The number of Topliss-reactive ketones (excluding diaryl/α,β-unsaturated/α-hetero) is 1. The van der Waals surface area contributed by atoms with Crippen LogP contribution in [-0.2, 0) is 4.79 Å². The van der Waals surface area contributed by atoms with Crippen LogP contribution in [0.1, 0.15) is 48.0 Å². The minimum absolute atomic E-state index is 0.257. The van der Waals surface area contributed by atoms with Gasteiger partial charge in [0.2, 0.25) is 0 Å². The summed E-state index contributed by atoms with van der Waals surface area (Å²) in [6, 6.07) is 1.71. The molecule has 3 nitrogen and oxygen atoms in total. The smallest absolute Gasteiger partial charge is 0.262 e. The molecule has 1 atom stereocenters. The Morgan fingerprint density at radius 3 is 2.52 bits per heavy atom. The van der Waals surface area contributed by atoms with Gasteiger partial charge in [0.1, 0.15) is 6.07 Å². The van der Waals surface area contributed by atoms with Crippen molar-refractivity contribution in [1.82, 2.24) is 0 Å². The fourth-order valence-electron chi connectivity index (χ4n) is 3.23. The van der Waals surface area contributed by atoms with Crippen molar-refractivity contribution in [2.45, 2.75) is 48.0 Å². The van der Waals surface area contributed by atoms with Gasteiger partial charge in [-0.15, -0.1) is 0 Å². The standard InChI is InChI=1S/C26H32N2O/c1-9-11-12-21(10-2)20(8)28-25-15-22(23(17(3)4)13-19(25)7)14-24(18(5)6)26(29)16-27/h9-12,14-15,17,23H,2,5,13H2,1,3-4,6-8H3/b11-9-,21-12-,24-14+,28-20+. The number of ketones is 1. The number of hydrogen-bond acceptors (Lipinski definition) is 3. The van der Waals surface area contributed by atoms with Gasteiger partial charge in [-0.3, -0.25) is 9.79 Å². The quantitative estimate of drug-likeness (QED) is 0.203. The molecule has 3 heteroatoms. The van der Waals surface area contributed by atoms with Crippen molar-refractivity contribution in [2.24, 2.45) is 16.8 Å². The molecule has 29 heavy (non-hydrogen) atoms. The van der Waals surface area contributed by atoms with E-state index in [1.54, 1.807) is 19.1 Å². The Balaban J connectivity index is 3.55. The molecule has 0 radical (unpaired) electrons. The molecular formula is C26H32N2O. The van der Waals surface area contributed by atoms with Crippen LogP contribution in [0.15, 0.2) is 88.2 Å². The number of carbonyl (C=O) groups excluding carboxylic acids is 1. The van der Waals surface area contributed by atoms with Gasteiger partial charge < -0.3 is 0 Å². The summed E-state index contributed by atoms with van der Waals surface area (Å²) in [7, 11) is 0. The summed E-state index contributed by atoms with van der Waals surface area (Å²) in [5.41, 5.74) is 5.91. The maximum Gasteiger partial charge on any atom is 0.262 e. The van der Waals surface area contributed by atoms with Crippen LogP contribution >= 0.6 is 0 Å². The average molecular weight is 389 g/mol. The molecule has 0 N–H and O–H groups in total. The lowest BCUT2D eigenvalue weighted by Crippen LogP contribution is -2.17. The van der Waals surface area contributed by atoms with Gasteiger partial charge in [0.15, 0.2) is 0 Å². The lowest BCUT2D eigenvalue weighted by molar-refractivity contribution is -0.110. The molecule has 0 aromatic heterocycles. The first-order valence-corrected chi connectivity index (χ1v) is 9.90. The van der Waals surface area contributed by atoms with E-state index in [0.29, 0.717) is 17.1 Å². The molecule has 0 spiro atoms. The van der Waals surface area contributed by atoms with E-state index in [0.717, 1.165) is 29.0 Å². The van der Waals surface area contributed by atoms with Gasteiger partial charge in [-0.1, -0.05) is 51.3 Å². The van der Waals surface area contributed by atoms with Gasteiger partial charge in [0, 0.05) is 11.3 Å². The summed E-state index contributed by atoms with van der Waals surface area (Å²) in [6.07, 6.45) is 12.4. The minimum atomic E-state index is -0.559. The van der Waals surface area contributed by atoms with Crippen molar-refractivity contribution in [3.05, 3.63) is 83.2 Å². The van der Waals surface area contributed by atoms with E-state index in [4.69, 9.17) is 10.3 Å². The third-order valence-electron chi connectivity index (χ3n) is 5.01. The highest BCUT2D eigenvalue weighted by molar-refractivity contribution is 6.10. The summed E-state index contributed by atoms with van der Waals surface area (Å²) in [5.74, 6) is 0.0881. The van der Waals surface area contributed by atoms with E-state index in [2.05, 4.69) is 33.9 Å². The first-order valence-electron chi connectivity index (χ1n) is 9.90. The Hall–Kier alpha value is -2.99. The topological polar surface area (TPSA) is 53.2 Å². The van der Waals surface area contributed by atoms with Crippen LogP contribution in [0, 0.1) is 23.2 Å². The zero-order chi connectivity index (χ0) is 22.1. The molecular weight excluding hydrogens is 356 g/mol. The van der Waals surface area contributed by atoms with E-state index in [9.17, 15) is 4.79 Å². The molecule has 1 rings (SSSR count). The largest absolute Gasteiger partial charge is 0.277 e. The maximum absolute atomic E-state index is 12.1. The first kappa shape index (κ1) is 24.0. The van der Waals surface area contributed by atoms with Crippen molar-refractivity contribution in [3.63, 3.8) is 0 Å². The van der Waals surface area contributed by atoms with Gasteiger partial charge in [-0.05, 0) is 80.4 Å². The lowest BCUT2D eigenvalue weighted by Gasteiger charge is -2.28. The van der Waals surface area contributed by atoms with Crippen molar-refractivity contribution < 1.29 is 4.79 Å². The number of carbonyl (C=O) groups is 1. The molecule has 0 bridgehead atoms. The Bertz CT molecular complexity index is 909. The van der Waals surface area contributed by atoms with E-state index in [1.807, 2.05) is 44.2 Å². The number of allylic oxidation sites excluding steroid dienone is 11. The predicted octanol–water partition coefficient (Wildman–Crippen LogP) is 6.61. The maximum atomic E-state index is 12.1. The summed E-state index contributed by atoms with van der Waals surface area (Å²) in [6.45, 7) is 19.9. The highest BCUT2D eigenvalue weighted by atomic mass is 16.1. The van der Waals surface area contributed by atoms with Crippen LogP contribution in [0.2, 0.25) is 0 Å². The van der Waals surface area contributed by atoms with Crippen molar-refractivity contribution in [3.8, 4) is 6.07 Å².